The lowest BCUT2D eigenvalue weighted by atomic mass is 10.2. The van der Waals surface area contributed by atoms with E-state index >= 15 is 0 Å². The van der Waals surface area contributed by atoms with Crippen molar-refractivity contribution in [2.75, 3.05) is 12.3 Å². The van der Waals surface area contributed by atoms with E-state index in [1.807, 2.05) is 23.1 Å². The van der Waals surface area contributed by atoms with Crippen molar-refractivity contribution in [3.8, 4) is 0 Å². The molecule has 1 aromatic rings. The number of thiazole rings is 1. The third kappa shape index (κ3) is 5.40. The highest BCUT2D eigenvalue weighted by Crippen LogP contribution is 2.23. The fourth-order valence-electron chi connectivity index (χ4n) is 1.61. The molecule has 0 unspecified atom stereocenters. The number of thioether (sulfide) groups is 1. The molecule has 17 heavy (non-hydrogen) atoms. The highest BCUT2D eigenvalue weighted by atomic mass is 32.2. The molecule has 1 N–H and O–H groups in total. The molecule has 0 aromatic carbocycles. The Morgan fingerprint density at radius 2 is 2.06 bits per heavy atom. The van der Waals surface area contributed by atoms with E-state index in [4.69, 9.17) is 4.98 Å². The molecule has 0 spiro atoms. The molecule has 4 heteroatoms. The van der Waals surface area contributed by atoms with Crippen molar-refractivity contribution in [3.63, 3.8) is 0 Å². The average molecular weight is 272 g/mol. The van der Waals surface area contributed by atoms with Gasteiger partial charge in [-0.25, -0.2) is 4.98 Å². The maximum atomic E-state index is 4.78. The summed E-state index contributed by atoms with van der Waals surface area (Å²) < 4.78 is 0. The molecule has 2 nitrogen and oxygen atoms in total. The molecule has 0 saturated carbocycles. The number of nitrogens with zero attached hydrogens (tertiary/aromatic N) is 1. The molecule has 1 rings (SSSR count). The topological polar surface area (TPSA) is 24.9 Å². The molecule has 1 aromatic heterocycles. The van der Waals surface area contributed by atoms with Gasteiger partial charge in [0.2, 0.25) is 0 Å². The number of aromatic nitrogens is 1. The minimum Gasteiger partial charge on any atom is -0.312 e. The van der Waals surface area contributed by atoms with E-state index in [9.17, 15) is 0 Å². The van der Waals surface area contributed by atoms with Crippen LogP contribution < -0.4 is 5.32 Å². The minimum atomic E-state index is 0.988. The van der Waals surface area contributed by atoms with Gasteiger partial charge in [0.25, 0.3) is 0 Å². The summed E-state index contributed by atoms with van der Waals surface area (Å²) >= 11 is 3.89. The van der Waals surface area contributed by atoms with Crippen molar-refractivity contribution in [2.45, 2.75) is 52.3 Å². The third-order valence-corrected chi connectivity index (χ3v) is 4.87. The van der Waals surface area contributed by atoms with E-state index in [1.165, 1.54) is 34.2 Å². The Hall–Kier alpha value is -0.0600. The van der Waals surface area contributed by atoms with Gasteiger partial charge in [0, 0.05) is 17.2 Å². The summed E-state index contributed by atoms with van der Waals surface area (Å²) in [5.74, 6) is 2.33. The normalized spacial score (nSPS) is 11.0. The van der Waals surface area contributed by atoms with Crippen LogP contribution in [0.15, 0.2) is 0 Å². The molecule has 0 amide bonds. The number of rotatable bonds is 9. The quantitative estimate of drug-likeness (QED) is 0.691. The highest BCUT2D eigenvalue weighted by molar-refractivity contribution is 7.98. The Labute approximate surface area is 114 Å². The van der Waals surface area contributed by atoms with E-state index in [0.717, 1.165) is 25.3 Å². The molecule has 1 heterocycles. The van der Waals surface area contributed by atoms with Gasteiger partial charge in [-0.2, -0.15) is 11.8 Å². The Kier molecular flexibility index (Phi) is 7.90. The van der Waals surface area contributed by atoms with Gasteiger partial charge in [0.15, 0.2) is 0 Å². The predicted octanol–water partition coefficient (Wildman–Crippen LogP) is 3.85. The fourth-order valence-corrected chi connectivity index (χ4v) is 3.65. The van der Waals surface area contributed by atoms with Crippen LogP contribution >= 0.6 is 23.1 Å². The number of hydrogen-bond acceptors (Lipinski definition) is 4. The van der Waals surface area contributed by atoms with Crippen molar-refractivity contribution < 1.29 is 0 Å². The SMILES string of the molecule is CCCSCc1nc(CCC)c(CNCC)s1. The monoisotopic (exact) mass is 272 g/mol. The Balaban J connectivity index is 2.59. The molecule has 0 atom stereocenters. The fraction of sp³-hybridized carbons (Fsp3) is 0.769. The van der Waals surface area contributed by atoms with Crippen LogP contribution in [0.1, 0.15) is 49.2 Å². The largest absolute Gasteiger partial charge is 0.312 e. The molecular weight excluding hydrogens is 248 g/mol. The number of aryl methyl sites for hydroxylation is 1. The number of nitrogens with one attached hydrogen (secondary N) is 1. The molecule has 0 aliphatic heterocycles. The summed E-state index contributed by atoms with van der Waals surface area (Å²) in [5, 5.41) is 4.71. The second-order valence-electron chi connectivity index (χ2n) is 4.06. The molecule has 98 valence electrons. The average Bonchev–Trinajstić information content (AvgIpc) is 2.70. The van der Waals surface area contributed by atoms with Crippen molar-refractivity contribution in [1.82, 2.24) is 10.3 Å². The van der Waals surface area contributed by atoms with Gasteiger partial charge in [0.1, 0.15) is 5.01 Å². The maximum Gasteiger partial charge on any atom is 0.103 e. The van der Waals surface area contributed by atoms with Crippen LogP contribution in [0.25, 0.3) is 0 Å². The first-order valence-electron chi connectivity index (χ1n) is 6.57. The maximum absolute atomic E-state index is 4.78. The zero-order valence-corrected chi connectivity index (χ0v) is 12.8. The van der Waals surface area contributed by atoms with Crippen molar-refractivity contribution in [1.29, 1.82) is 0 Å². The van der Waals surface area contributed by atoms with E-state index in [1.54, 1.807) is 0 Å². The predicted molar refractivity (Wildman–Crippen MR) is 79.9 cm³/mol. The first-order chi connectivity index (χ1) is 8.31. The van der Waals surface area contributed by atoms with Crippen LogP contribution in [0.3, 0.4) is 0 Å². The summed E-state index contributed by atoms with van der Waals surface area (Å²) in [4.78, 5) is 6.23. The summed E-state index contributed by atoms with van der Waals surface area (Å²) in [5.41, 5.74) is 1.32. The summed E-state index contributed by atoms with van der Waals surface area (Å²) in [7, 11) is 0. The molecule has 0 fully saturated rings. The van der Waals surface area contributed by atoms with Crippen LogP contribution in [-0.2, 0) is 18.7 Å². The van der Waals surface area contributed by atoms with Crippen LogP contribution in [0.4, 0.5) is 0 Å². The lowest BCUT2D eigenvalue weighted by molar-refractivity contribution is 0.723. The second-order valence-corrected chi connectivity index (χ2v) is 6.33. The molecule has 0 saturated heterocycles. The van der Waals surface area contributed by atoms with E-state index < -0.39 is 0 Å². The van der Waals surface area contributed by atoms with Crippen LogP contribution in [0, 0.1) is 0 Å². The van der Waals surface area contributed by atoms with Crippen molar-refractivity contribution >= 4 is 23.1 Å². The summed E-state index contributed by atoms with van der Waals surface area (Å²) in [6.45, 7) is 8.62. The zero-order chi connectivity index (χ0) is 12.5. The highest BCUT2D eigenvalue weighted by Gasteiger charge is 2.09. The summed E-state index contributed by atoms with van der Waals surface area (Å²) in [6.07, 6.45) is 3.56. The Morgan fingerprint density at radius 1 is 1.24 bits per heavy atom. The first-order valence-corrected chi connectivity index (χ1v) is 8.54. The smallest absolute Gasteiger partial charge is 0.103 e. The second kappa shape index (κ2) is 8.95. The standard InChI is InChI=1S/C13H24N2S2/c1-4-7-11-12(9-14-6-3)17-13(15-11)10-16-8-5-2/h14H,4-10H2,1-3H3. The lowest BCUT2D eigenvalue weighted by Gasteiger charge is -2.00. The molecule has 0 radical (unpaired) electrons. The van der Waals surface area contributed by atoms with Crippen LogP contribution in [0.2, 0.25) is 0 Å². The molecule has 0 aliphatic rings. The van der Waals surface area contributed by atoms with Gasteiger partial charge in [-0.15, -0.1) is 11.3 Å². The van der Waals surface area contributed by atoms with Gasteiger partial charge in [-0.1, -0.05) is 27.2 Å². The van der Waals surface area contributed by atoms with E-state index in [2.05, 4.69) is 26.1 Å². The van der Waals surface area contributed by atoms with Gasteiger partial charge >= 0.3 is 0 Å². The van der Waals surface area contributed by atoms with Gasteiger partial charge in [-0.05, 0) is 25.1 Å². The van der Waals surface area contributed by atoms with Crippen LogP contribution in [0.5, 0.6) is 0 Å². The first kappa shape index (κ1) is 15.0. The van der Waals surface area contributed by atoms with Gasteiger partial charge in [-0.3, -0.25) is 0 Å². The minimum absolute atomic E-state index is 0.988. The molecule has 0 bridgehead atoms. The number of hydrogen-bond donors (Lipinski definition) is 1. The van der Waals surface area contributed by atoms with Gasteiger partial charge < -0.3 is 5.32 Å². The third-order valence-electron chi connectivity index (χ3n) is 2.42. The van der Waals surface area contributed by atoms with E-state index in [-0.39, 0.29) is 0 Å². The molecular formula is C13H24N2S2. The van der Waals surface area contributed by atoms with Crippen LogP contribution in [-0.4, -0.2) is 17.3 Å². The van der Waals surface area contributed by atoms with Crippen molar-refractivity contribution in [3.05, 3.63) is 15.6 Å². The summed E-state index contributed by atoms with van der Waals surface area (Å²) in [6, 6.07) is 0. The Morgan fingerprint density at radius 3 is 2.71 bits per heavy atom. The van der Waals surface area contributed by atoms with E-state index in [0.29, 0.717) is 0 Å². The Bertz CT molecular complexity index is 310. The zero-order valence-electron chi connectivity index (χ0n) is 11.2. The van der Waals surface area contributed by atoms with Crippen molar-refractivity contribution in [2.24, 2.45) is 0 Å². The molecule has 0 aliphatic carbocycles. The lowest BCUT2D eigenvalue weighted by Crippen LogP contribution is -2.11. The van der Waals surface area contributed by atoms with Gasteiger partial charge in [0.05, 0.1) is 5.69 Å².